The minimum atomic E-state index is -1.10. The molecule has 0 bridgehead atoms. The van der Waals surface area contributed by atoms with E-state index in [0.717, 1.165) is 0 Å². The Morgan fingerprint density at radius 1 is 1.75 bits per heavy atom. The lowest BCUT2D eigenvalue weighted by atomic mass is 10.2. The Hall–Kier alpha value is -0.120. The number of hydrogen-bond donors (Lipinski definition) is 2. The molecule has 50 valence electrons. The number of hydrogen-bond acceptors (Lipinski definition) is 2. The van der Waals surface area contributed by atoms with Crippen LogP contribution in [0, 0.1) is 5.21 Å². The molecule has 0 saturated heterocycles. The second-order valence-corrected chi connectivity index (χ2v) is 2.18. The first-order valence-corrected chi connectivity index (χ1v) is 2.74. The summed E-state index contributed by atoms with van der Waals surface area (Å²) in [6.45, 7) is 3.30. The third kappa shape index (κ3) is 1.78. The van der Waals surface area contributed by atoms with Crippen molar-refractivity contribution in [2.24, 2.45) is 0 Å². The molecule has 2 N–H and O–H groups in total. The zero-order chi connectivity index (χ0) is 6.78. The van der Waals surface area contributed by atoms with E-state index in [1.807, 2.05) is 0 Å². The molecular weight excluding hydrogens is 106 g/mol. The Labute approximate surface area is 49.5 Å². The lowest BCUT2D eigenvalue weighted by molar-refractivity contribution is -0.913. The van der Waals surface area contributed by atoms with E-state index in [9.17, 15) is 5.21 Å². The fraction of sp³-hybridized carbons (Fsp3) is 1.00. The lowest BCUT2D eigenvalue weighted by Gasteiger charge is -2.31. The molecule has 2 unspecified atom stereocenters. The van der Waals surface area contributed by atoms with Gasteiger partial charge in [0.1, 0.15) is 0 Å². The van der Waals surface area contributed by atoms with Crippen LogP contribution in [0.1, 0.15) is 20.3 Å². The predicted molar refractivity (Wildman–Crippen MR) is 31.2 cm³/mol. The largest absolute Gasteiger partial charge is 0.632 e. The average molecular weight is 119 g/mol. The number of nitrogens with one attached hydrogen (secondary N) is 1. The van der Waals surface area contributed by atoms with Gasteiger partial charge >= 0.3 is 0 Å². The van der Waals surface area contributed by atoms with E-state index in [0.29, 0.717) is 6.42 Å². The van der Waals surface area contributed by atoms with E-state index >= 15 is 0 Å². The fourth-order valence-corrected chi connectivity index (χ4v) is 0.249. The highest BCUT2D eigenvalue weighted by Gasteiger charge is 2.20. The molecule has 3 nitrogen and oxygen atoms in total. The van der Waals surface area contributed by atoms with Crippen molar-refractivity contribution in [3.8, 4) is 0 Å². The van der Waals surface area contributed by atoms with E-state index in [1.54, 1.807) is 6.92 Å². The van der Waals surface area contributed by atoms with Gasteiger partial charge in [0.05, 0.1) is 7.05 Å². The van der Waals surface area contributed by atoms with Crippen molar-refractivity contribution in [3.63, 3.8) is 0 Å². The van der Waals surface area contributed by atoms with Gasteiger partial charge < -0.3 is 15.4 Å². The summed E-state index contributed by atoms with van der Waals surface area (Å²) < 4.78 is 0. The Morgan fingerprint density at radius 3 is 2.12 bits per heavy atom. The van der Waals surface area contributed by atoms with Crippen molar-refractivity contribution < 1.29 is 10.2 Å². The summed E-state index contributed by atoms with van der Waals surface area (Å²) >= 11 is 0. The summed E-state index contributed by atoms with van der Waals surface area (Å²) in [7, 11) is 1.39. The van der Waals surface area contributed by atoms with E-state index in [2.05, 4.69) is 0 Å². The minimum Gasteiger partial charge on any atom is -0.632 e. The number of quaternary nitrogens is 1. The van der Waals surface area contributed by atoms with Gasteiger partial charge in [-0.2, -0.15) is 0 Å². The summed E-state index contributed by atoms with van der Waals surface area (Å²) in [5, 5.41) is 19.3. The lowest BCUT2D eigenvalue weighted by Crippen LogP contribution is -3.13. The van der Waals surface area contributed by atoms with Crippen LogP contribution >= 0.6 is 0 Å². The van der Waals surface area contributed by atoms with E-state index in [1.165, 1.54) is 14.0 Å². The highest BCUT2D eigenvalue weighted by molar-refractivity contribution is 4.50. The van der Waals surface area contributed by atoms with E-state index in [-0.39, 0.29) is 5.06 Å². The van der Waals surface area contributed by atoms with Crippen LogP contribution in [0.4, 0.5) is 0 Å². The number of hydroxylamine groups is 2. The summed E-state index contributed by atoms with van der Waals surface area (Å²) in [5.41, 5.74) is -1.10. The molecule has 0 radical (unpaired) electrons. The van der Waals surface area contributed by atoms with Crippen LogP contribution in [0.2, 0.25) is 0 Å². The smallest absolute Gasteiger partial charge is 0.195 e. The molecule has 0 aromatic rings. The summed E-state index contributed by atoms with van der Waals surface area (Å²) in [4.78, 5) is 0. The molecule has 0 spiro atoms. The Balaban J connectivity index is 3.71. The van der Waals surface area contributed by atoms with Crippen molar-refractivity contribution in [2.45, 2.75) is 26.0 Å². The monoisotopic (exact) mass is 119 g/mol. The maximum absolute atomic E-state index is 10.4. The second kappa shape index (κ2) is 2.44. The quantitative estimate of drug-likeness (QED) is 0.366. The normalized spacial score (nSPS) is 22.1. The summed E-state index contributed by atoms with van der Waals surface area (Å²) in [6, 6.07) is 0. The van der Waals surface area contributed by atoms with Gasteiger partial charge in [-0.05, 0) is 0 Å². The van der Waals surface area contributed by atoms with Gasteiger partial charge in [0, 0.05) is 13.3 Å². The minimum absolute atomic E-state index is 0.167. The first-order valence-electron chi connectivity index (χ1n) is 2.74. The molecule has 0 aliphatic rings. The van der Waals surface area contributed by atoms with Crippen molar-refractivity contribution >= 4 is 0 Å². The Bertz CT molecular complexity index is 70.8. The molecule has 0 heterocycles. The topological polar surface area (TPSA) is 47.7 Å². The molecule has 0 saturated carbocycles. The van der Waals surface area contributed by atoms with Crippen LogP contribution in [-0.4, -0.2) is 17.9 Å². The highest BCUT2D eigenvalue weighted by atomic mass is 16.5. The van der Waals surface area contributed by atoms with Crippen molar-refractivity contribution in [2.75, 3.05) is 7.05 Å². The van der Waals surface area contributed by atoms with Gasteiger partial charge in [-0.3, -0.25) is 0 Å². The third-order valence-corrected chi connectivity index (χ3v) is 1.45. The molecule has 3 heteroatoms. The van der Waals surface area contributed by atoms with Crippen molar-refractivity contribution in [3.05, 3.63) is 5.21 Å². The molecule has 0 aromatic heterocycles. The zero-order valence-corrected chi connectivity index (χ0v) is 5.56. The first-order chi connectivity index (χ1) is 3.50. The molecule has 0 amide bonds. The van der Waals surface area contributed by atoms with Crippen LogP contribution in [0.15, 0.2) is 0 Å². The molecule has 0 rings (SSSR count). The maximum Gasteiger partial charge on any atom is 0.195 e. The van der Waals surface area contributed by atoms with Gasteiger partial charge in [-0.25, -0.2) is 0 Å². The third-order valence-electron chi connectivity index (χ3n) is 1.45. The summed E-state index contributed by atoms with van der Waals surface area (Å²) in [5.74, 6) is 0. The number of rotatable bonds is 2. The predicted octanol–water partition coefficient (Wildman–Crippen LogP) is -0.883. The standard InChI is InChI=1S/C5H13NO2/c1-4-5(2,7)6(3)8/h6-7H,4H2,1-3H3. The van der Waals surface area contributed by atoms with Crippen LogP contribution < -0.4 is 5.06 Å². The van der Waals surface area contributed by atoms with Gasteiger partial charge in [0.2, 0.25) is 0 Å². The highest BCUT2D eigenvalue weighted by Crippen LogP contribution is 1.95. The molecule has 8 heavy (non-hydrogen) atoms. The zero-order valence-electron chi connectivity index (χ0n) is 5.56. The molecule has 0 aromatic carbocycles. The van der Waals surface area contributed by atoms with Crippen LogP contribution in [0.25, 0.3) is 0 Å². The molecular formula is C5H13NO2. The van der Waals surface area contributed by atoms with E-state index in [4.69, 9.17) is 5.11 Å². The fourth-order valence-electron chi connectivity index (χ4n) is 0.249. The van der Waals surface area contributed by atoms with Crippen LogP contribution in [0.5, 0.6) is 0 Å². The Kier molecular flexibility index (Phi) is 2.40. The van der Waals surface area contributed by atoms with Gasteiger partial charge in [-0.15, -0.1) is 0 Å². The van der Waals surface area contributed by atoms with Gasteiger partial charge in [-0.1, -0.05) is 6.92 Å². The molecule has 2 atom stereocenters. The van der Waals surface area contributed by atoms with Crippen LogP contribution in [0.3, 0.4) is 0 Å². The van der Waals surface area contributed by atoms with Crippen LogP contribution in [-0.2, 0) is 0 Å². The van der Waals surface area contributed by atoms with Crippen molar-refractivity contribution in [1.29, 1.82) is 0 Å². The maximum atomic E-state index is 10.4. The molecule has 0 fully saturated rings. The van der Waals surface area contributed by atoms with Crippen molar-refractivity contribution in [1.82, 2.24) is 0 Å². The SMILES string of the molecule is CCC(C)(O)[NH+](C)[O-]. The second-order valence-electron chi connectivity index (χ2n) is 2.18. The Morgan fingerprint density at radius 2 is 2.12 bits per heavy atom. The summed E-state index contributed by atoms with van der Waals surface area (Å²) in [6.07, 6.45) is 0.488. The average Bonchev–Trinajstić information content (AvgIpc) is 1.67. The number of aliphatic hydroxyl groups is 1. The van der Waals surface area contributed by atoms with Gasteiger partial charge in [0.15, 0.2) is 5.72 Å². The first kappa shape index (κ1) is 7.88. The molecule has 0 aliphatic heterocycles. The van der Waals surface area contributed by atoms with E-state index < -0.39 is 5.72 Å². The van der Waals surface area contributed by atoms with Gasteiger partial charge in [0.25, 0.3) is 0 Å². The molecule has 0 aliphatic carbocycles.